The molecular weight excluding hydrogens is 253 g/mol. The van der Waals surface area contributed by atoms with E-state index in [0.717, 1.165) is 18.8 Å². The summed E-state index contributed by atoms with van der Waals surface area (Å²) in [4.78, 5) is 2.38. The smallest absolute Gasteiger partial charge is 0.127 e. The van der Waals surface area contributed by atoms with E-state index in [2.05, 4.69) is 22.3 Å². The second-order valence-electron chi connectivity index (χ2n) is 5.14. The Kier molecular flexibility index (Phi) is 3.46. The summed E-state index contributed by atoms with van der Waals surface area (Å²) in [6, 6.07) is 12.7. The summed E-state index contributed by atoms with van der Waals surface area (Å²) in [6.07, 6.45) is 2.53. The molecule has 104 valence electrons. The van der Waals surface area contributed by atoms with Gasteiger partial charge in [0.05, 0.1) is 0 Å². The first-order valence-corrected chi connectivity index (χ1v) is 6.89. The number of nitrogen functional groups attached to an aromatic ring is 1. The molecule has 0 aromatic heterocycles. The zero-order valence-corrected chi connectivity index (χ0v) is 11.3. The van der Waals surface area contributed by atoms with E-state index >= 15 is 0 Å². The van der Waals surface area contributed by atoms with Crippen LogP contribution in [0.5, 0.6) is 0 Å². The van der Waals surface area contributed by atoms with Gasteiger partial charge in [0.15, 0.2) is 0 Å². The highest BCUT2D eigenvalue weighted by atomic mass is 19.1. The Morgan fingerprint density at radius 3 is 2.30 bits per heavy atom. The van der Waals surface area contributed by atoms with Gasteiger partial charge in [-0.05, 0) is 55.3 Å². The molecule has 1 heterocycles. The first kappa shape index (κ1) is 12.8. The van der Waals surface area contributed by atoms with Crippen LogP contribution in [-0.4, -0.2) is 13.1 Å². The molecule has 1 aliphatic heterocycles. The summed E-state index contributed by atoms with van der Waals surface area (Å²) in [5, 5.41) is 3.16. The minimum absolute atomic E-state index is 0.332. The van der Waals surface area contributed by atoms with Crippen LogP contribution in [0.25, 0.3) is 0 Å². The molecule has 0 spiro atoms. The number of halogens is 1. The highest BCUT2D eigenvalue weighted by molar-refractivity contribution is 5.65. The fourth-order valence-electron chi connectivity index (χ4n) is 2.58. The molecule has 2 aromatic rings. The van der Waals surface area contributed by atoms with Gasteiger partial charge < -0.3 is 16.0 Å². The summed E-state index contributed by atoms with van der Waals surface area (Å²) in [7, 11) is 0. The summed E-state index contributed by atoms with van der Waals surface area (Å²) in [5.41, 5.74) is 8.89. The van der Waals surface area contributed by atoms with Crippen LogP contribution in [0.3, 0.4) is 0 Å². The first-order chi connectivity index (χ1) is 9.70. The third-order valence-corrected chi connectivity index (χ3v) is 3.55. The van der Waals surface area contributed by atoms with E-state index in [1.165, 1.54) is 30.7 Å². The van der Waals surface area contributed by atoms with Crippen LogP contribution in [0.1, 0.15) is 12.8 Å². The lowest BCUT2D eigenvalue weighted by molar-refractivity contribution is 0.629. The van der Waals surface area contributed by atoms with Crippen molar-refractivity contribution in [3.05, 3.63) is 48.3 Å². The van der Waals surface area contributed by atoms with E-state index < -0.39 is 0 Å². The zero-order chi connectivity index (χ0) is 13.9. The topological polar surface area (TPSA) is 41.3 Å². The highest BCUT2D eigenvalue weighted by Gasteiger charge is 2.11. The Morgan fingerprint density at radius 1 is 0.950 bits per heavy atom. The van der Waals surface area contributed by atoms with Crippen molar-refractivity contribution in [2.24, 2.45) is 0 Å². The molecule has 1 saturated heterocycles. The van der Waals surface area contributed by atoms with Gasteiger partial charge in [-0.1, -0.05) is 0 Å². The van der Waals surface area contributed by atoms with E-state index in [0.29, 0.717) is 11.4 Å². The second-order valence-corrected chi connectivity index (χ2v) is 5.14. The van der Waals surface area contributed by atoms with E-state index in [1.807, 2.05) is 12.1 Å². The van der Waals surface area contributed by atoms with Gasteiger partial charge >= 0.3 is 0 Å². The molecule has 3 N–H and O–H groups in total. The van der Waals surface area contributed by atoms with Gasteiger partial charge in [0.1, 0.15) is 5.82 Å². The predicted molar refractivity (Wildman–Crippen MR) is 82.0 cm³/mol. The summed E-state index contributed by atoms with van der Waals surface area (Å²) in [6.45, 7) is 2.26. The Labute approximate surface area is 118 Å². The van der Waals surface area contributed by atoms with Gasteiger partial charge in [0, 0.05) is 35.8 Å². The molecule has 3 rings (SSSR count). The van der Waals surface area contributed by atoms with Gasteiger partial charge in [-0.3, -0.25) is 0 Å². The van der Waals surface area contributed by atoms with Gasteiger partial charge in [0.2, 0.25) is 0 Å². The van der Waals surface area contributed by atoms with Gasteiger partial charge in [-0.2, -0.15) is 0 Å². The second kappa shape index (κ2) is 5.41. The summed E-state index contributed by atoms with van der Waals surface area (Å²) in [5.74, 6) is -0.332. The monoisotopic (exact) mass is 271 g/mol. The number of nitrogens with two attached hydrogens (primary N) is 1. The number of nitrogens with one attached hydrogen (secondary N) is 1. The molecule has 3 nitrogen and oxygen atoms in total. The lowest BCUT2D eigenvalue weighted by atomic mass is 10.2. The third kappa shape index (κ3) is 2.85. The molecule has 20 heavy (non-hydrogen) atoms. The first-order valence-electron chi connectivity index (χ1n) is 6.89. The normalized spacial score (nSPS) is 14.6. The van der Waals surface area contributed by atoms with Crippen molar-refractivity contribution >= 4 is 22.7 Å². The molecule has 1 aliphatic rings. The Balaban J connectivity index is 1.74. The Morgan fingerprint density at radius 2 is 1.65 bits per heavy atom. The van der Waals surface area contributed by atoms with Crippen LogP contribution in [0.4, 0.5) is 27.1 Å². The fourth-order valence-corrected chi connectivity index (χ4v) is 2.58. The molecule has 0 unspecified atom stereocenters. The largest absolute Gasteiger partial charge is 0.399 e. The molecule has 0 radical (unpaired) electrons. The van der Waals surface area contributed by atoms with E-state index in [4.69, 9.17) is 5.73 Å². The maximum atomic E-state index is 13.3. The van der Waals surface area contributed by atoms with Crippen LogP contribution < -0.4 is 16.0 Å². The van der Waals surface area contributed by atoms with E-state index in [1.54, 1.807) is 6.07 Å². The molecule has 0 aliphatic carbocycles. The quantitative estimate of drug-likeness (QED) is 0.835. The third-order valence-electron chi connectivity index (χ3n) is 3.55. The average molecular weight is 271 g/mol. The molecule has 4 heteroatoms. The molecular formula is C16H18FN3. The Hall–Kier alpha value is -2.23. The lowest BCUT2D eigenvalue weighted by Gasteiger charge is -2.18. The predicted octanol–water partition coefficient (Wildman–Crippen LogP) is 3.75. The molecule has 0 amide bonds. The standard InChI is InChI=1S/C16H18FN3/c17-12-9-13(18)11-15(10-12)19-14-3-5-16(6-4-14)20-7-1-2-8-20/h3-6,9-11,19H,1-2,7-8,18H2. The molecule has 2 aromatic carbocycles. The number of rotatable bonds is 3. The minimum atomic E-state index is -0.332. The maximum Gasteiger partial charge on any atom is 0.127 e. The zero-order valence-electron chi connectivity index (χ0n) is 11.3. The number of anilines is 4. The summed E-state index contributed by atoms with van der Waals surface area (Å²) < 4.78 is 13.3. The van der Waals surface area contributed by atoms with Crippen LogP contribution in [0.15, 0.2) is 42.5 Å². The molecule has 0 saturated carbocycles. The van der Waals surface area contributed by atoms with Gasteiger partial charge in [-0.15, -0.1) is 0 Å². The fraction of sp³-hybridized carbons (Fsp3) is 0.250. The van der Waals surface area contributed by atoms with Crippen LogP contribution in [-0.2, 0) is 0 Å². The van der Waals surface area contributed by atoms with Gasteiger partial charge in [-0.25, -0.2) is 4.39 Å². The van der Waals surface area contributed by atoms with Crippen LogP contribution >= 0.6 is 0 Å². The van der Waals surface area contributed by atoms with Gasteiger partial charge in [0.25, 0.3) is 0 Å². The molecule has 1 fully saturated rings. The van der Waals surface area contributed by atoms with Crippen LogP contribution in [0, 0.1) is 5.82 Å². The average Bonchev–Trinajstić information content (AvgIpc) is 2.92. The van der Waals surface area contributed by atoms with E-state index in [-0.39, 0.29) is 5.82 Å². The Bertz CT molecular complexity index is 569. The molecule has 0 atom stereocenters. The molecule has 0 bridgehead atoms. The van der Waals surface area contributed by atoms with Crippen molar-refractivity contribution in [1.29, 1.82) is 0 Å². The number of nitrogens with zero attached hydrogens (tertiary/aromatic N) is 1. The number of hydrogen-bond donors (Lipinski definition) is 2. The van der Waals surface area contributed by atoms with Crippen molar-refractivity contribution in [2.45, 2.75) is 12.8 Å². The van der Waals surface area contributed by atoms with Crippen molar-refractivity contribution in [3.8, 4) is 0 Å². The van der Waals surface area contributed by atoms with Crippen molar-refractivity contribution < 1.29 is 4.39 Å². The summed E-state index contributed by atoms with van der Waals surface area (Å²) >= 11 is 0. The maximum absolute atomic E-state index is 13.3. The van der Waals surface area contributed by atoms with Crippen molar-refractivity contribution in [1.82, 2.24) is 0 Å². The van der Waals surface area contributed by atoms with Crippen LogP contribution in [0.2, 0.25) is 0 Å². The highest BCUT2D eigenvalue weighted by Crippen LogP contribution is 2.25. The van der Waals surface area contributed by atoms with E-state index in [9.17, 15) is 4.39 Å². The van der Waals surface area contributed by atoms with Crippen molar-refractivity contribution in [3.63, 3.8) is 0 Å². The number of benzene rings is 2. The number of hydrogen-bond acceptors (Lipinski definition) is 3. The van der Waals surface area contributed by atoms with Crippen molar-refractivity contribution in [2.75, 3.05) is 29.0 Å². The lowest BCUT2D eigenvalue weighted by Crippen LogP contribution is -2.17. The minimum Gasteiger partial charge on any atom is -0.399 e. The SMILES string of the molecule is Nc1cc(F)cc(Nc2ccc(N3CCCC3)cc2)c1.